The van der Waals surface area contributed by atoms with Crippen molar-refractivity contribution in [3.05, 3.63) is 58.7 Å². The van der Waals surface area contributed by atoms with Crippen LogP contribution in [-0.4, -0.2) is 39.7 Å². The lowest BCUT2D eigenvalue weighted by Gasteiger charge is -2.29. The fourth-order valence-electron chi connectivity index (χ4n) is 3.92. The van der Waals surface area contributed by atoms with Gasteiger partial charge in [0.2, 0.25) is 11.8 Å². The molecule has 2 aliphatic heterocycles. The number of carbonyl (C=O) groups excluding carboxylic acids is 3. The molecule has 2 aromatic carbocycles. The molecule has 3 amide bonds. The molecule has 2 aromatic rings. The lowest BCUT2D eigenvalue weighted by atomic mass is 9.94. The molecule has 2 heterocycles. The van der Waals surface area contributed by atoms with Gasteiger partial charge in [0.05, 0.1) is 5.56 Å². The van der Waals surface area contributed by atoms with E-state index >= 15 is 0 Å². The van der Waals surface area contributed by atoms with Crippen LogP contribution in [-0.2, 0) is 16.1 Å². The molecule has 2 N–H and O–H groups in total. The molecular weight excluding hydrogens is 360 g/mol. The van der Waals surface area contributed by atoms with E-state index in [4.69, 9.17) is 0 Å². The van der Waals surface area contributed by atoms with Crippen molar-refractivity contribution in [2.75, 3.05) is 0 Å². The van der Waals surface area contributed by atoms with Crippen LogP contribution in [0.5, 0.6) is 0 Å². The van der Waals surface area contributed by atoms with Crippen LogP contribution in [0.1, 0.15) is 44.7 Å². The summed E-state index contributed by atoms with van der Waals surface area (Å²) >= 11 is 0. The number of nitrogens with zero attached hydrogens (tertiary/aromatic N) is 1. The van der Waals surface area contributed by atoms with Crippen molar-refractivity contribution in [3.8, 4) is 11.1 Å². The Morgan fingerprint density at radius 3 is 2.61 bits per heavy atom. The largest absolute Gasteiger partial charge is 0.478 e. The van der Waals surface area contributed by atoms with Gasteiger partial charge in [-0.05, 0) is 53.8 Å². The number of fused-ring (bicyclic) bond motifs is 1. The van der Waals surface area contributed by atoms with Gasteiger partial charge < -0.3 is 10.0 Å². The highest BCUT2D eigenvalue weighted by Gasteiger charge is 2.39. The topological polar surface area (TPSA) is 104 Å². The molecule has 7 heteroatoms. The fraction of sp³-hybridized carbons (Fsp3) is 0.238. The number of carboxylic acids is 1. The smallest absolute Gasteiger partial charge is 0.335 e. The summed E-state index contributed by atoms with van der Waals surface area (Å²) in [6.45, 7) is 2.06. The Balaban J connectivity index is 1.74. The predicted molar refractivity (Wildman–Crippen MR) is 99.6 cm³/mol. The second-order valence-electron chi connectivity index (χ2n) is 7.12. The van der Waals surface area contributed by atoms with Gasteiger partial charge in [0.1, 0.15) is 6.04 Å². The highest BCUT2D eigenvalue weighted by molar-refractivity contribution is 6.06. The molecule has 28 heavy (non-hydrogen) atoms. The third kappa shape index (κ3) is 2.94. The van der Waals surface area contributed by atoms with Gasteiger partial charge in [-0.2, -0.15) is 0 Å². The van der Waals surface area contributed by atoms with Gasteiger partial charge in [-0.15, -0.1) is 0 Å². The molecule has 7 nitrogen and oxygen atoms in total. The summed E-state index contributed by atoms with van der Waals surface area (Å²) in [6, 6.07) is 9.68. The first-order valence-corrected chi connectivity index (χ1v) is 8.97. The Labute approximate surface area is 161 Å². The van der Waals surface area contributed by atoms with E-state index in [9.17, 15) is 24.3 Å². The number of aromatic carboxylic acids is 1. The van der Waals surface area contributed by atoms with Crippen LogP contribution in [0, 0.1) is 6.92 Å². The van der Waals surface area contributed by atoms with E-state index in [0.717, 1.165) is 16.7 Å². The summed E-state index contributed by atoms with van der Waals surface area (Å²) in [6.07, 6.45) is 0.497. The Bertz CT molecular complexity index is 1040. The van der Waals surface area contributed by atoms with Crippen LogP contribution in [0.4, 0.5) is 0 Å². The maximum Gasteiger partial charge on any atom is 0.335 e. The van der Waals surface area contributed by atoms with Gasteiger partial charge in [0.15, 0.2) is 0 Å². The van der Waals surface area contributed by atoms with E-state index in [0.29, 0.717) is 17.5 Å². The quantitative estimate of drug-likeness (QED) is 0.797. The standard InChI is InChI=1S/C21H18N2O5/c1-11-7-12(9-13(8-11)21(27)28)14-3-2-4-15-16(14)10-23(20(15)26)17-5-6-18(24)22-19(17)25/h2-4,7-9,17H,5-6,10H2,1H3,(H,27,28)(H,22,24,25). The average molecular weight is 378 g/mol. The molecule has 4 rings (SSSR count). The Hall–Kier alpha value is -3.48. The molecule has 0 radical (unpaired) electrons. The van der Waals surface area contributed by atoms with Crippen LogP contribution in [0.15, 0.2) is 36.4 Å². The van der Waals surface area contributed by atoms with E-state index in [2.05, 4.69) is 5.32 Å². The van der Waals surface area contributed by atoms with Gasteiger partial charge in [0.25, 0.3) is 5.91 Å². The number of benzene rings is 2. The minimum atomic E-state index is -1.02. The van der Waals surface area contributed by atoms with Crippen molar-refractivity contribution in [2.45, 2.75) is 32.4 Å². The third-order valence-corrected chi connectivity index (χ3v) is 5.22. The number of imide groups is 1. The molecular formula is C21H18N2O5. The fourth-order valence-corrected chi connectivity index (χ4v) is 3.92. The molecule has 2 aliphatic rings. The van der Waals surface area contributed by atoms with Crippen LogP contribution in [0.25, 0.3) is 11.1 Å². The molecule has 1 fully saturated rings. The number of rotatable bonds is 3. The number of amides is 3. The van der Waals surface area contributed by atoms with Crippen molar-refractivity contribution in [1.82, 2.24) is 10.2 Å². The monoisotopic (exact) mass is 378 g/mol. The van der Waals surface area contributed by atoms with E-state index in [1.165, 1.54) is 4.90 Å². The second-order valence-corrected chi connectivity index (χ2v) is 7.12. The Morgan fingerprint density at radius 2 is 1.89 bits per heavy atom. The lowest BCUT2D eigenvalue weighted by Crippen LogP contribution is -2.52. The van der Waals surface area contributed by atoms with Crippen LogP contribution in [0.3, 0.4) is 0 Å². The van der Waals surface area contributed by atoms with E-state index in [1.54, 1.807) is 24.3 Å². The van der Waals surface area contributed by atoms with E-state index in [1.807, 2.05) is 19.1 Å². The zero-order valence-electron chi connectivity index (χ0n) is 15.2. The molecule has 1 atom stereocenters. The maximum atomic E-state index is 12.9. The maximum absolute atomic E-state index is 12.9. The zero-order chi connectivity index (χ0) is 20.0. The number of piperidine rings is 1. The SMILES string of the molecule is Cc1cc(C(=O)O)cc(-c2cccc3c2CN(C2CCC(=O)NC2=O)C3=O)c1. The van der Waals surface area contributed by atoms with E-state index in [-0.39, 0.29) is 30.3 Å². The minimum absolute atomic E-state index is 0.180. The minimum Gasteiger partial charge on any atom is -0.478 e. The molecule has 1 unspecified atom stereocenters. The molecule has 142 valence electrons. The van der Waals surface area contributed by atoms with E-state index < -0.39 is 17.9 Å². The number of aryl methyl sites for hydroxylation is 1. The predicted octanol–water partition coefficient (Wildman–Crippen LogP) is 2.12. The Kier molecular flexibility index (Phi) is 4.22. The number of carbonyl (C=O) groups is 4. The molecule has 1 saturated heterocycles. The summed E-state index contributed by atoms with van der Waals surface area (Å²) < 4.78 is 0. The van der Waals surface area contributed by atoms with Crippen molar-refractivity contribution >= 4 is 23.7 Å². The van der Waals surface area contributed by atoms with Crippen molar-refractivity contribution in [3.63, 3.8) is 0 Å². The van der Waals surface area contributed by atoms with Crippen LogP contribution in [0.2, 0.25) is 0 Å². The van der Waals surface area contributed by atoms with Gasteiger partial charge in [-0.1, -0.05) is 18.2 Å². The molecule has 0 spiro atoms. The van der Waals surface area contributed by atoms with Gasteiger partial charge >= 0.3 is 5.97 Å². The summed E-state index contributed by atoms with van der Waals surface area (Å²) in [5, 5.41) is 11.6. The summed E-state index contributed by atoms with van der Waals surface area (Å²) in [7, 11) is 0. The first-order valence-electron chi connectivity index (χ1n) is 8.97. The van der Waals surface area contributed by atoms with Crippen molar-refractivity contribution in [1.29, 1.82) is 0 Å². The highest BCUT2D eigenvalue weighted by atomic mass is 16.4. The zero-order valence-corrected chi connectivity index (χ0v) is 15.2. The second kappa shape index (κ2) is 6.60. The summed E-state index contributed by atoms with van der Waals surface area (Å²) in [4.78, 5) is 49.4. The molecule has 0 aromatic heterocycles. The van der Waals surface area contributed by atoms with Crippen molar-refractivity contribution < 1.29 is 24.3 Å². The summed E-state index contributed by atoms with van der Waals surface area (Å²) in [5.41, 5.74) is 3.73. The van der Waals surface area contributed by atoms with Gasteiger partial charge in [0, 0.05) is 18.5 Å². The first kappa shape index (κ1) is 17.9. The highest BCUT2D eigenvalue weighted by Crippen LogP contribution is 2.35. The molecule has 0 bridgehead atoms. The number of hydrogen-bond donors (Lipinski definition) is 2. The number of nitrogens with one attached hydrogen (secondary N) is 1. The number of carboxylic acid groups (broad SMARTS) is 1. The molecule has 0 saturated carbocycles. The van der Waals surface area contributed by atoms with Crippen LogP contribution >= 0.6 is 0 Å². The first-order chi connectivity index (χ1) is 13.3. The number of hydrogen-bond acceptors (Lipinski definition) is 4. The van der Waals surface area contributed by atoms with Gasteiger partial charge in [-0.25, -0.2) is 4.79 Å². The summed E-state index contributed by atoms with van der Waals surface area (Å²) in [5.74, 6) is -2.05. The normalized spacial score (nSPS) is 18.8. The third-order valence-electron chi connectivity index (χ3n) is 5.22. The van der Waals surface area contributed by atoms with Crippen LogP contribution < -0.4 is 5.32 Å². The lowest BCUT2D eigenvalue weighted by molar-refractivity contribution is -0.136. The van der Waals surface area contributed by atoms with Crippen molar-refractivity contribution in [2.24, 2.45) is 0 Å². The van der Waals surface area contributed by atoms with Gasteiger partial charge in [-0.3, -0.25) is 19.7 Å². The average Bonchev–Trinajstić information content (AvgIpc) is 2.98. The Morgan fingerprint density at radius 1 is 1.14 bits per heavy atom. The molecule has 0 aliphatic carbocycles.